The summed E-state index contributed by atoms with van der Waals surface area (Å²) < 4.78 is 0. The van der Waals surface area contributed by atoms with Crippen LogP contribution in [0.3, 0.4) is 0 Å². The molecular weight excluding hydrogens is 248 g/mol. The predicted molar refractivity (Wildman–Crippen MR) is 62.4 cm³/mol. The molecule has 0 atom stereocenters. The first kappa shape index (κ1) is 13.0. The van der Waals surface area contributed by atoms with Crippen LogP contribution in [0, 0.1) is 0 Å². The van der Waals surface area contributed by atoms with Gasteiger partial charge in [0.15, 0.2) is 0 Å². The predicted octanol–water partition coefficient (Wildman–Crippen LogP) is 1.31. The molecule has 4 N–H and O–H groups in total. The highest BCUT2D eigenvalue weighted by molar-refractivity contribution is 6.28. The normalized spacial score (nSPS) is 11.2. The molecule has 0 spiro atoms. The largest absolute Gasteiger partial charge is 0.478 e. The standard InChI is InChI=1S/C10H9ClN2O4/c11-4-8(12)13-7-2-1-5(9(14)15)3-6(7)10(16)17/h1-3H,4H2,(H2,12,13)(H,14,15)(H,16,17). The number of amidine groups is 1. The Kier molecular flexibility index (Phi) is 4.06. The fourth-order valence-corrected chi connectivity index (χ4v) is 1.18. The summed E-state index contributed by atoms with van der Waals surface area (Å²) in [4.78, 5) is 25.4. The Labute approximate surface area is 101 Å². The lowest BCUT2D eigenvalue weighted by Crippen LogP contribution is -2.13. The van der Waals surface area contributed by atoms with Gasteiger partial charge in [-0.3, -0.25) is 0 Å². The number of hydrogen-bond donors (Lipinski definition) is 3. The number of carboxylic acid groups (broad SMARTS) is 2. The third kappa shape index (κ3) is 3.18. The van der Waals surface area contributed by atoms with Crippen molar-refractivity contribution in [3.8, 4) is 0 Å². The number of aromatic carboxylic acids is 2. The second-order valence-corrected chi connectivity index (χ2v) is 3.35. The highest BCUT2D eigenvalue weighted by Gasteiger charge is 2.13. The van der Waals surface area contributed by atoms with Crippen molar-refractivity contribution in [1.29, 1.82) is 0 Å². The van der Waals surface area contributed by atoms with Crippen LogP contribution in [0.1, 0.15) is 20.7 Å². The van der Waals surface area contributed by atoms with Crippen LogP contribution in [0.4, 0.5) is 5.69 Å². The molecule has 0 aromatic heterocycles. The maximum atomic E-state index is 10.9. The molecular formula is C10H9ClN2O4. The number of benzene rings is 1. The van der Waals surface area contributed by atoms with Crippen molar-refractivity contribution in [3.63, 3.8) is 0 Å². The lowest BCUT2D eigenvalue weighted by Gasteiger charge is -2.03. The van der Waals surface area contributed by atoms with Crippen molar-refractivity contribution in [2.24, 2.45) is 10.7 Å². The molecule has 6 nitrogen and oxygen atoms in total. The summed E-state index contributed by atoms with van der Waals surface area (Å²) in [5, 5.41) is 17.7. The quantitative estimate of drug-likeness (QED) is 0.427. The maximum Gasteiger partial charge on any atom is 0.337 e. The average molecular weight is 257 g/mol. The number of rotatable bonds is 4. The Morgan fingerprint density at radius 2 is 1.94 bits per heavy atom. The molecule has 1 rings (SSSR count). The molecule has 0 unspecified atom stereocenters. The number of aliphatic imine (C=N–C) groups is 1. The number of alkyl halides is 1. The van der Waals surface area contributed by atoms with Crippen molar-refractivity contribution in [2.45, 2.75) is 0 Å². The monoisotopic (exact) mass is 256 g/mol. The molecule has 0 heterocycles. The first-order valence-corrected chi connectivity index (χ1v) is 4.98. The van der Waals surface area contributed by atoms with E-state index in [0.29, 0.717) is 0 Å². The first-order chi connectivity index (χ1) is 7.95. The minimum absolute atomic E-state index is 0.0419. The van der Waals surface area contributed by atoms with E-state index in [1.54, 1.807) is 0 Å². The molecule has 0 fully saturated rings. The molecule has 7 heteroatoms. The summed E-state index contributed by atoms with van der Waals surface area (Å²) >= 11 is 5.42. The molecule has 0 radical (unpaired) electrons. The van der Waals surface area contributed by atoms with Crippen molar-refractivity contribution < 1.29 is 19.8 Å². The van der Waals surface area contributed by atoms with E-state index in [1.165, 1.54) is 12.1 Å². The van der Waals surface area contributed by atoms with Gasteiger partial charge in [-0.05, 0) is 18.2 Å². The van der Waals surface area contributed by atoms with Crippen molar-refractivity contribution in [3.05, 3.63) is 29.3 Å². The van der Waals surface area contributed by atoms with Gasteiger partial charge in [0.05, 0.1) is 22.7 Å². The van der Waals surface area contributed by atoms with Gasteiger partial charge in [0.1, 0.15) is 5.84 Å². The van der Waals surface area contributed by atoms with Crippen molar-refractivity contribution in [2.75, 3.05) is 5.88 Å². The molecule has 0 amide bonds. The van der Waals surface area contributed by atoms with Crippen molar-refractivity contribution >= 4 is 35.1 Å². The summed E-state index contributed by atoms with van der Waals surface area (Å²) in [6, 6.07) is 3.53. The van der Waals surface area contributed by atoms with Gasteiger partial charge in [-0.1, -0.05) is 0 Å². The smallest absolute Gasteiger partial charge is 0.337 e. The van der Waals surface area contributed by atoms with Crippen LogP contribution in [0.25, 0.3) is 0 Å². The Bertz CT molecular complexity index is 499. The summed E-state index contributed by atoms with van der Waals surface area (Å²) in [5.74, 6) is -2.49. The molecule has 0 aliphatic carbocycles. The fraction of sp³-hybridized carbons (Fsp3) is 0.100. The molecule has 17 heavy (non-hydrogen) atoms. The van der Waals surface area contributed by atoms with Crippen LogP contribution in [0.2, 0.25) is 0 Å². The van der Waals surface area contributed by atoms with Crippen LogP contribution in [-0.2, 0) is 0 Å². The third-order valence-electron chi connectivity index (χ3n) is 1.87. The van der Waals surface area contributed by atoms with E-state index in [-0.39, 0.29) is 28.5 Å². The Morgan fingerprint density at radius 3 is 2.41 bits per heavy atom. The van der Waals surface area contributed by atoms with E-state index in [0.717, 1.165) is 6.07 Å². The van der Waals surface area contributed by atoms with E-state index in [1.807, 2.05) is 0 Å². The lowest BCUT2D eigenvalue weighted by molar-refractivity contribution is 0.0696. The highest BCUT2D eigenvalue weighted by atomic mass is 35.5. The van der Waals surface area contributed by atoms with Crippen LogP contribution < -0.4 is 5.73 Å². The minimum atomic E-state index is -1.28. The van der Waals surface area contributed by atoms with Crippen LogP contribution in [0.15, 0.2) is 23.2 Å². The summed E-state index contributed by atoms with van der Waals surface area (Å²) in [6.45, 7) is 0. The Hall–Kier alpha value is -2.08. The van der Waals surface area contributed by atoms with Crippen molar-refractivity contribution in [1.82, 2.24) is 0 Å². The third-order valence-corrected chi connectivity index (χ3v) is 2.15. The van der Waals surface area contributed by atoms with E-state index < -0.39 is 11.9 Å². The number of nitrogens with two attached hydrogens (primary N) is 1. The minimum Gasteiger partial charge on any atom is -0.478 e. The SMILES string of the molecule is NC(CCl)=Nc1ccc(C(=O)O)cc1C(=O)O. The molecule has 0 saturated carbocycles. The lowest BCUT2D eigenvalue weighted by atomic mass is 10.1. The zero-order chi connectivity index (χ0) is 13.0. The van der Waals surface area contributed by atoms with Crippen LogP contribution in [0.5, 0.6) is 0 Å². The molecule has 0 aliphatic rings. The zero-order valence-electron chi connectivity index (χ0n) is 8.55. The van der Waals surface area contributed by atoms with Gasteiger partial charge in [-0.15, -0.1) is 11.6 Å². The van der Waals surface area contributed by atoms with Crippen LogP contribution in [-0.4, -0.2) is 33.9 Å². The summed E-state index contributed by atoms with van der Waals surface area (Å²) in [6.07, 6.45) is 0. The van der Waals surface area contributed by atoms with E-state index >= 15 is 0 Å². The average Bonchev–Trinajstić information content (AvgIpc) is 2.28. The molecule has 1 aromatic carbocycles. The van der Waals surface area contributed by atoms with Gasteiger partial charge in [0.2, 0.25) is 0 Å². The summed E-state index contributed by atoms with van der Waals surface area (Å²) in [5.41, 5.74) is 5.08. The molecule has 90 valence electrons. The highest BCUT2D eigenvalue weighted by Crippen LogP contribution is 2.21. The van der Waals surface area contributed by atoms with Gasteiger partial charge < -0.3 is 15.9 Å². The number of carbonyl (C=O) groups is 2. The summed E-state index contributed by atoms with van der Waals surface area (Å²) in [7, 11) is 0. The molecule has 0 bridgehead atoms. The maximum absolute atomic E-state index is 10.9. The zero-order valence-corrected chi connectivity index (χ0v) is 9.31. The van der Waals surface area contributed by atoms with E-state index in [9.17, 15) is 9.59 Å². The Balaban J connectivity index is 3.32. The molecule has 0 aliphatic heterocycles. The second-order valence-electron chi connectivity index (χ2n) is 3.08. The number of carboxylic acids is 2. The van der Waals surface area contributed by atoms with Gasteiger partial charge in [0.25, 0.3) is 0 Å². The number of halogens is 1. The van der Waals surface area contributed by atoms with Gasteiger partial charge in [-0.2, -0.15) is 0 Å². The first-order valence-electron chi connectivity index (χ1n) is 4.45. The van der Waals surface area contributed by atoms with E-state index in [4.69, 9.17) is 27.5 Å². The van der Waals surface area contributed by atoms with Crippen LogP contribution >= 0.6 is 11.6 Å². The molecule has 1 aromatic rings. The van der Waals surface area contributed by atoms with E-state index in [2.05, 4.69) is 4.99 Å². The van der Waals surface area contributed by atoms with Gasteiger partial charge in [0, 0.05) is 0 Å². The topological polar surface area (TPSA) is 113 Å². The number of hydrogen-bond acceptors (Lipinski definition) is 3. The second kappa shape index (κ2) is 5.31. The van der Waals surface area contributed by atoms with Gasteiger partial charge >= 0.3 is 11.9 Å². The Morgan fingerprint density at radius 1 is 1.29 bits per heavy atom. The number of nitrogens with zero attached hydrogens (tertiary/aromatic N) is 1. The van der Waals surface area contributed by atoms with Gasteiger partial charge in [-0.25, -0.2) is 14.6 Å². The fourth-order valence-electron chi connectivity index (χ4n) is 1.12. The molecule has 0 saturated heterocycles.